The molecule has 0 aromatic carbocycles. The predicted molar refractivity (Wildman–Crippen MR) is 79.6 cm³/mol. The Morgan fingerprint density at radius 2 is 2.26 bits per heavy atom. The summed E-state index contributed by atoms with van der Waals surface area (Å²) >= 11 is 1.76. The molecule has 4 nitrogen and oxygen atoms in total. The van der Waals surface area contributed by atoms with Gasteiger partial charge in [0.25, 0.3) is 0 Å². The van der Waals surface area contributed by atoms with Crippen LogP contribution in [0.5, 0.6) is 0 Å². The average Bonchev–Trinajstić information content (AvgIpc) is 2.97. The van der Waals surface area contributed by atoms with E-state index in [0.29, 0.717) is 0 Å². The van der Waals surface area contributed by atoms with Gasteiger partial charge in [0.05, 0.1) is 6.04 Å². The fourth-order valence-electron chi connectivity index (χ4n) is 2.39. The van der Waals surface area contributed by atoms with Crippen molar-refractivity contribution in [3.8, 4) is 0 Å². The number of hydrogen-bond donors (Lipinski definition) is 1. The summed E-state index contributed by atoms with van der Waals surface area (Å²) in [6, 6.07) is 4.18. The Morgan fingerprint density at radius 1 is 1.53 bits per heavy atom. The minimum absolute atomic E-state index is 0.00423. The van der Waals surface area contributed by atoms with Gasteiger partial charge in [0, 0.05) is 44.6 Å². The van der Waals surface area contributed by atoms with E-state index in [1.165, 1.54) is 4.88 Å². The molecule has 0 bridgehead atoms. The number of nitrogens with zero attached hydrogens (tertiary/aromatic N) is 2. The van der Waals surface area contributed by atoms with Crippen molar-refractivity contribution in [2.24, 2.45) is 0 Å². The lowest BCUT2D eigenvalue weighted by Gasteiger charge is -2.34. The van der Waals surface area contributed by atoms with Gasteiger partial charge in [-0.25, -0.2) is 0 Å². The Balaban J connectivity index is 1.80. The van der Waals surface area contributed by atoms with Crippen LogP contribution in [0.15, 0.2) is 17.5 Å². The van der Waals surface area contributed by atoms with Crippen molar-refractivity contribution in [1.29, 1.82) is 0 Å². The SMILES string of the molecule is CC(C(=O)N(C)CCc1cccs1)N1CCNCC1. The van der Waals surface area contributed by atoms with Gasteiger partial charge in [0.2, 0.25) is 5.91 Å². The molecule has 1 aromatic heterocycles. The molecule has 1 N–H and O–H groups in total. The molecule has 1 atom stereocenters. The van der Waals surface area contributed by atoms with E-state index in [4.69, 9.17) is 0 Å². The van der Waals surface area contributed by atoms with Crippen molar-refractivity contribution in [2.45, 2.75) is 19.4 Å². The quantitative estimate of drug-likeness (QED) is 0.876. The van der Waals surface area contributed by atoms with Crippen LogP contribution >= 0.6 is 11.3 Å². The highest BCUT2D eigenvalue weighted by Gasteiger charge is 2.24. The Labute approximate surface area is 119 Å². The van der Waals surface area contributed by atoms with Crippen LogP contribution in [-0.4, -0.2) is 61.5 Å². The number of carbonyl (C=O) groups is 1. The number of thiophene rings is 1. The van der Waals surface area contributed by atoms with Gasteiger partial charge < -0.3 is 10.2 Å². The average molecular weight is 281 g/mol. The summed E-state index contributed by atoms with van der Waals surface area (Å²) in [6.45, 7) is 6.72. The third kappa shape index (κ3) is 4.03. The van der Waals surface area contributed by atoms with E-state index in [9.17, 15) is 4.79 Å². The molecule has 1 aliphatic heterocycles. The molecule has 1 aromatic rings. The van der Waals surface area contributed by atoms with Crippen LogP contribution in [0, 0.1) is 0 Å². The molecule has 2 heterocycles. The monoisotopic (exact) mass is 281 g/mol. The lowest BCUT2D eigenvalue weighted by atomic mass is 10.2. The Kier molecular flexibility index (Phi) is 5.36. The van der Waals surface area contributed by atoms with Crippen molar-refractivity contribution in [2.75, 3.05) is 39.8 Å². The molecule has 19 heavy (non-hydrogen) atoms. The van der Waals surface area contributed by atoms with Crippen molar-refractivity contribution in [1.82, 2.24) is 15.1 Å². The number of likely N-dealkylation sites (N-methyl/N-ethyl adjacent to an activating group) is 1. The van der Waals surface area contributed by atoms with E-state index in [2.05, 4.69) is 27.7 Å². The van der Waals surface area contributed by atoms with Gasteiger partial charge in [-0.1, -0.05) is 6.07 Å². The Hall–Kier alpha value is -0.910. The van der Waals surface area contributed by atoms with E-state index in [1.807, 2.05) is 18.9 Å². The summed E-state index contributed by atoms with van der Waals surface area (Å²) in [7, 11) is 1.91. The summed E-state index contributed by atoms with van der Waals surface area (Å²) in [6.07, 6.45) is 0.953. The number of amides is 1. The normalized spacial score (nSPS) is 18.2. The van der Waals surface area contributed by atoms with Gasteiger partial charge in [-0.05, 0) is 24.8 Å². The van der Waals surface area contributed by atoms with Gasteiger partial charge in [-0.2, -0.15) is 0 Å². The third-order valence-electron chi connectivity index (χ3n) is 3.71. The Morgan fingerprint density at radius 3 is 2.89 bits per heavy atom. The molecule has 1 aliphatic rings. The largest absolute Gasteiger partial charge is 0.344 e. The number of piperazine rings is 1. The van der Waals surface area contributed by atoms with E-state index >= 15 is 0 Å². The fraction of sp³-hybridized carbons (Fsp3) is 0.643. The molecule has 0 saturated carbocycles. The Bertz CT molecular complexity index is 387. The second-order valence-corrected chi connectivity index (χ2v) is 6.08. The molecular weight excluding hydrogens is 258 g/mol. The van der Waals surface area contributed by atoms with Crippen LogP contribution < -0.4 is 5.32 Å². The molecule has 1 saturated heterocycles. The number of carbonyl (C=O) groups excluding carboxylic acids is 1. The van der Waals surface area contributed by atoms with E-state index in [1.54, 1.807) is 11.3 Å². The molecule has 5 heteroatoms. The maximum Gasteiger partial charge on any atom is 0.239 e. The third-order valence-corrected chi connectivity index (χ3v) is 4.64. The maximum atomic E-state index is 12.4. The van der Waals surface area contributed by atoms with Crippen molar-refractivity contribution < 1.29 is 4.79 Å². The summed E-state index contributed by atoms with van der Waals surface area (Å²) < 4.78 is 0. The first-order valence-corrected chi connectivity index (χ1v) is 7.78. The molecule has 106 valence electrons. The van der Waals surface area contributed by atoms with E-state index in [-0.39, 0.29) is 11.9 Å². The van der Waals surface area contributed by atoms with E-state index in [0.717, 1.165) is 39.1 Å². The molecule has 1 fully saturated rings. The van der Waals surface area contributed by atoms with Crippen molar-refractivity contribution >= 4 is 17.2 Å². The molecule has 1 amide bonds. The first-order valence-electron chi connectivity index (χ1n) is 6.90. The smallest absolute Gasteiger partial charge is 0.239 e. The molecular formula is C14H23N3OS. The standard InChI is InChI=1S/C14H23N3OS/c1-12(17-9-6-15-7-10-17)14(18)16(2)8-5-13-4-3-11-19-13/h3-4,11-12,15H,5-10H2,1-2H3. The molecule has 2 rings (SSSR count). The first kappa shape index (κ1) is 14.5. The van der Waals surface area contributed by atoms with Crippen LogP contribution in [0.2, 0.25) is 0 Å². The number of hydrogen-bond acceptors (Lipinski definition) is 4. The zero-order chi connectivity index (χ0) is 13.7. The highest BCUT2D eigenvalue weighted by Crippen LogP contribution is 2.10. The zero-order valence-corrected chi connectivity index (χ0v) is 12.6. The summed E-state index contributed by atoms with van der Waals surface area (Å²) in [4.78, 5) is 17.8. The fourth-order valence-corrected chi connectivity index (χ4v) is 3.09. The van der Waals surface area contributed by atoms with E-state index < -0.39 is 0 Å². The topological polar surface area (TPSA) is 35.6 Å². The molecule has 0 spiro atoms. The summed E-state index contributed by atoms with van der Waals surface area (Å²) in [5.41, 5.74) is 0. The summed E-state index contributed by atoms with van der Waals surface area (Å²) in [5, 5.41) is 5.40. The van der Waals surface area contributed by atoms with Gasteiger partial charge in [-0.15, -0.1) is 11.3 Å². The van der Waals surface area contributed by atoms with Gasteiger partial charge >= 0.3 is 0 Å². The van der Waals surface area contributed by atoms with Crippen molar-refractivity contribution in [3.63, 3.8) is 0 Å². The minimum Gasteiger partial charge on any atom is -0.344 e. The predicted octanol–water partition coefficient (Wildman–Crippen LogP) is 1.04. The second kappa shape index (κ2) is 7.03. The van der Waals surface area contributed by atoms with Crippen molar-refractivity contribution in [3.05, 3.63) is 22.4 Å². The molecule has 1 unspecified atom stereocenters. The minimum atomic E-state index is -0.00423. The van der Waals surface area contributed by atoms with Gasteiger partial charge in [0.1, 0.15) is 0 Å². The van der Waals surface area contributed by atoms with Crippen LogP contribution in [-0.2, 0) is 11.2 Å². The first-order chi connectivity index (χ1) is 9.18. The number of rotatable bonds is 5. The second-order valence-electron chi connectivity index (χ2n) is 5.05. The maximum absolute atomic E-state index is 12.4. The lowest BCUT2D eigenvalue weighted by Crippen LogP contribution is -2.53. The van der Waals surface area contributed by atoms with Crippen LogP contribution in [0.3, 0.4) is 0 Å². The highest BCUT2D eigenvalue weighted by molar-refractivity contribution is 7.09. The van der Waals surface area contributed by atoms with Gasteiger partial charge in [0.15, 0.2) is 0 Å². The number of nitrogens with one attached hydrogen (secondary N) is 1. The van der Waals surface area contributed by atoms with Gasteiger partial charge in [-0.3, -0.25) is 9.69 Å². The zero-order valence-electron chi connectivity index (χ0n) is 11.8. The molecule has 0 aliphatic carbocycles. The van der Waals surface area contributed by atoms with Crippen LogP contribution in [0.25, 0.3) is 0 Å². The molecule has 0 radical (unpaired) electrons. The highest BCUT2D eigenvalue weighted by atomic mass is 32.1. The lowest BCUT2D eigenvalue weighted by molar-refractivity contribution is -0.135. The van der Waals surface area contributed by atoms with Crippen LogP contribution in [0.4, 0.5) is 0 Å². The van der Waals surface area contributed by atoms with Crippen LogP contribution in [0.1, 0.15) is 11.8 Å². The summed E-state index contributed by atoms with van der Waals surface area (Å²) in [5.74, 6) is 0.235.